The molecule has 15 heavy (non-hydrogen) atoms. The van der Waals surface area contributed by atoms with Crippen molar-refractivity contribution in [3.8, 4) is 0 Å². The summed E-state index contributed by atoms with van der Waals surface area (Å²) in [7, 11) is 0. The van der Waals surface area contributed by atoms with E-state index in [-0.39, 0.29) is 5.41 Å². The van der Waals surface area contributed by atoms with E-state index in [0.29, 0.717) is 17.6 Å². The minimum atomic E-state index is -0.0628. The van der Waals surface area contributed by atoms with Crippen LogP contribution < -0.4 is 0 Å². The maximum Gasteiger partial charge on any atom is 0.142 e. The summed E-state index contributed by atoms with van der Waals surface area (Å²) in [6.07, 6.45) is 4.52. The molecule has 0 radical (unpaired) electrons. The average Bonchev–Trinajstić information content (AvgIpc) is 2.16. The molecule has 2 atom stereocenters. The van der Waals surface area contributed by atoms with Gasteiger partial charge in [0.25, 0.3) is 0 Å². The van der Waals surface area contributed by atoms with Gasteiger partial charge in [0.15, 0.2) is 0 Å². The summed E-state index contributed by atoms with van der Waals surface area (Å²) in [5.74, 6) is 1.50. The number of allylic oxidation sites excluding steroid dienone is 2. The molecule has 2 aliphatic rings. The van der Waals surface area contributed by atoms with Crippen LogP contribution in [0.2, 0.25) is 0 Å². The number of hydrogen-bond acceptors (Lipinski definition) is 1. The van der Waals surface area contributed by atoms with Gasteiger partial charge >= 0.3 is 0 Å². The van der Waals surface area contributed by atoms with Crippen LogP contribution in [0.1, 0.15) is 53.4 Å². The standard InChI is InChI=1S/C14H22O/c1-9-7-11-5-6-14(3,4)13(15)12(11)8-10(9)2/h11-12H,5-8H2,1-4H3/t11-,12+/m0/s1. The van der Waals surface area contributed by atoms with Crippen molar-refractivity contribution in [2.45, 2.75) is 53.4 Å². The fraction of sp³-hybridized carbons (Fsp3) is 0.786. The van der Waals surface area contributed by atoms with Crippen LogP contribution in [0.5, 0.6) is 0 Å². The van der Waals surface area contributed by atoms with Gasteiger partial charge in [0.2, 0.25) is 0 Å². The molecular weight excluding hydrogens is 184 g/mol. The van der Waals surface area contributed by atoms with Gasteiger partial charge in [0, 0.05) is 11.3 Å². The Balaban J connectivity index is 2.25. The number of rotatable bonds is 0. The van der Waals surface area contributed by atoms with Gasteiger partial charge in [0.05, 0.1) is 0 Å². The van der Waals surface area contributed by atoms with E-state index in [4.69, 9.17) is 0 Å². The van der Waals surface area contributed by atoms with Crippen LogP contribution in [0.15, 0.2) is 11.1 Å². The average molecular weight is 206 g/mol. The molecule has 0 amide bonds. The van der Waals surface area contributed by atoms with Crippen molar-refractivity contribution in [2.75, 3.05) is 0 Å². The summed E-state index contributed by atoms with van der Waals surface area (Å²) in [6, 6.07) is 0. The molecule has 84 valence electrons. The van der Waals surface area contributed by atoms with Gasteiger partial charge in [-0.2, -0.15) is 0 Å². The van der Waals surface area contributed by atoms with E-state index >= 15 is 0 Å². The molecule has 0 aliphatic heterocycles. The Hall–Kier alpha value is -0.590. The highest BCUT2D eigenvalue weighted by Gasteiger charge is 2.43. The second kappa shape index (κ2) is 3.47. The molecule has 0 aromatic heterocycles. The normalized spacial score (nSPS) is 35.3. The van der Waals surface area contributed by atoms with E-state index in [1.165, 1.54) is 24.0 Å². The van der Waals surface area contributed by atoms with Crippen LogP contribution >= 0.6 is 0 Å². The summed E-state index contributed by atoms with van der Waals surface area (Å²) in [5, 5.41) is 0. The fourth-order valence-corrected chi connectivity index (χ4v) is 3.16. The van der Waals surface area contributed by atoms with Crippen molar-refractivity contribution < 1.29 is 4.79 Å². The summed E-state index contributed by atoms with van der Waals surface area (Å²) >= 11 is 0. The summed E-state index contributed by atoms with van der Waals surface area (Å²) in [4.78, 5) is 12.3. The van der Waals surface area contributed by atoms with E-state index < -0.39 is 0 Å². The number of carbonyl (C=O) groups excluding carboxylic acids is 1. The van der Waals surface area contributed by atoms with Gasteiger partial charge in [0.1, 0.15) is 5.78 Å². The minimum Gasteiger partial charge on any atom is -0.299 e. The maximum atomic E-state index is 12.3. The third-order valence-corrected chi connectivity index (χ3v) is 4.54. The SMILES string of the molecule is CC1=C(C)C[C@H]2C(=O)C(C)(C)CC[C@H]2C1. The molecule has 0 saturated heterocycles. The van der Waals surface area contributed by atoms with Gasteiger partial charge < -0.3 is 0 Å². The van der Waals surface area contributed by atoms with E-state index in [9.17, 15) is 4.79 Å². The third kappa shape index (κ3) is 1.77. The summed E-state index contributed by atoms with van der Waals surface area (Å²) < 4.78 is 0. The van der Waals surface area contributed by atoms with Gasteiger partial charge in [-0.3, -0.25) is 4.79 Å². The van der Waals surface area contributed by atoms with Crippen LogP contribution in [0.3, 0.4) is 0 Å². The quantitative estimate of drug-likeness (QED) is 0.552. The van der Waals surface area contributed by atoms with Crippen LogP contribution in [-0.2, 0) is 4.79 Å². The second-order valence-corrected chi connectivity index (χ2v) is 6.12. The molecule has 1 nitrogen and oxygen atoms in total. The zero-order valence-electron chi connectivity index (χ0n) is 10.4. The number of fused-ring (bicyclic) bond motifs is 1. The molecule has 1 heteroatoms. The first kappa shape index (κ1) is 10.9. The molecule has 0 aromatic carbocycles. The van der Waals surface area contributed by atoms with E-state index in [0.717, 1.165) is 12.8 Å². The lowest BCUT2D eigenvalue weighted by Crippen LogP contribution is -2.42. The van der Waals surface area contributed by atoms with E-state index in [1.807, 2.05) is 0 Å². The lowest BCUT2D eigenvalue weighted by atomic mass is 9.61. The molecule has 0 bridgehead atoms. The first-order chi connectivity index (χ1) is 6.92. The van der Waals surface area contributed by atoms with Gasteiger partial charge in [-0.1, -0.05) is 25.0 Å². The van der Waals surface area contributed by atoms with Crippen LogP contribution in [0.25, 0.3) is 0 Å². The number of hydrogen-bond donors (Lipinski definition) is 0. The van der Waals surface area contributed by atoms with Crippen molar-refractivity contribution in [3.05, 3.63) is 11.1 Å². The predicted octanol–water partition coefficient (Wildman–Crippen LogP) is 3.74. The van der Waals surface area contributed by atoms with Crippen molar-refractivity contribution in [1.82, 2.24) is 0 Å². The molecule has 2 rings (SSSR count). The third-order valence-electron chi connectivity index (χ3n) is 4.54. The Morgan fingerprint density at radius 1 is 1.13 bits per heavy atom. The van der Waals surface area contributed by atoms with Crippen molar-refractivity contribution in [2.24, 2.45) is 17.3 Å². The highest BCUT2D eigenvalue weighted by atomic mass is 16.1. The highest BCUT2D eigenvalue weighted by molar-refractivity contribution is 5.87. The maximum absolute atomic E-state index is 12.3. The summed E-state index contributed by atoms with van der Waals surface area (Å²) in [5.41, 5.74) is 2.93. The Labute approximate surface area is 92.9 Å². The van der Waals surface area contributed by atoms with E-state index in [2.05, 4.69) is 27.7 Å². The smallest absolute Gasteiger partial charge is 0.142 e. The van der Waals surface area contributed by atoms with Gasteiger partial charge in [-0.15, -0.1) is 0 Å². The highest BCUT2D eigenvalue weighted by Crippen LogP contribution is 2.46. The number of Topliss-reactive ketones (excluding diaryl/α,β-unsaturated/α-hetero) is 1. The molecule has 2 aliphatic carbocycles. The van der Waals surface area contributed by atoms with Crippen molar-refractivity contribution in [3.63, 3.8) is 0 Å². The van der Waals surface area contributed by atoms with Crippen LogP contribution in [0, 0.1) is 17.3 Å². The fourth-order valence-electron chi connectivity index (χ4n) is 3.16. The number of carbonyl (C=O) groups is 1. The lowest BCUT2D eigenvalue weighted by Gasteiger charge is -2.42. The molecule has 0 aromatic rings. The zero-order chi connectivity index (χ0) is 11.2. The first-order valence-electron chi connectivity index (χ1n) is 6.11. The summed E-state index contributed by atoms with van der Waals surface area (Å²) in [6.45, 7) is 8.66. The molecule has 1 fully saturated rings. The lowest BCUT2D eigenvalue weighted by molar-refractivity contribution is -0.137. The monoisotopic (exact) mass is 206 g/mol. The number of ketones is 1. The van der Waals surface area contributed by atoms with E-state index in [1.54, 1.807) is 0 Å². The van der Waals surface area contributed by atoms with Crippen LogP contribution in [-0.4, -0.2) is 5.78 Å². The topological polar surface area (TPSA) is 17.1 Å². The first-order valence-corrected chi connectivity index (χ1v) is 6.11. The molecule has 0 heterocycles. The Bertz CT molecular complexity index is 322. The van der Waals surface area contributed by atoms with Crippen LogP contribution in [0.4, 0.5) is 0 Å². The molecule has 0 spiro atoms. The predicted molar refractivity (Wildman–Crippen MR) is 62.6 cm³/mol. The van der Waals surface area contributed by atoms with Gasteiger partial charge in [-0.25, -0.2) is 0 Å². The van der Waals surface area contributed by atoms with Crippen molar-refractivity contribution >= 4 is 5.78 Å². The zero-order valence-corrected chi connectivity index (χ0v) is 10.4. The Morgan fingerprint density at radius 3 is 2.40 bits per heavy atom. The molecule has 0 unspecified atom stereocenters. The van der Waals surface area contributed by atoms with Gasteiger partial charge in [-0.05, 0) is 45.4 Å². The Kier molecular flexibility index (Phi) is 2.52. The molecule has 1 saturated carbocycles. The minimum absolute atomic E-state index is 0.0628. The Morgan fingerprint density at radius 2 is 1.73 bits per heavy atom. The molecular formula is C14H22O. The molecule has 0 N–H and O–H groups in total. The second-order valence-electron chi connectivity index (χ2n) is 6.12. The largest absolute Gasteiger partial charge is 0.299 e. The van der Waals surface area contributed by atoms with Crippen molar-refractivity contribution in [1.29, 1.82) is 0 Å².